The Hall–Kier alpha value is -7.55. The predicted octanol–water partition coefficient (Wildman–Crippen LogP) is 0.471. The van der Waals surface area contributed by atoms with Gasteiger partial charge in [0.15, 0.2) is 46.4 Å². The van der Waals surface area contributed by atoms with E-state index in [0.717, 1.165) is 85.8 Å². The van der Waals surface area contributed by atoms with Crippen molar-refractivity contribution in [3.8, 4) is 11.5 Å². The number of nitrogens with one attached hydrogen (secondary N) is 4. The van der Waals surface area contributed by atoms with E-state index < -0.39 is 57.2 Å². The number of amides is 4. The van der Waals surface area contributed by atoms with Gasteiger partial charge in [-0.2, -0.15) is 27.3 Å². The fraction of sp³-hybridized carbons (Fsp3) is 0.480. The number of hydrogen-bond acceptors (Lipinski definition) is 22. The largest absolute Gasteiger partial charge is 0.486 e. The van der Waals surface area contributed by atoms with Crippen molar-refractivity contribution in [3.05, 3.63) is 82.6 Å². The van der Waals surface area contributed by atoms with Crippen LogP contribution in [-0.2, 0) is 61.9 Å². The molecule has 31 heteroatoms. The highest BCUT2D eigenvalue weighted by atomic mass is 32.3. The van der Waals surface area contributed by atoms with Gasteiger partial charge >= 0.3 is 10.4 Å². The summed E-state index contributed by atoms with van der Waals surface area (Å²) in [6.07, 6.45) is 12.4. The Morgan fingerprint density at radius 1 is 0.691 bits per heavy atom. The number of fused-ring (bicyclic) bond motifs is 2. The monoisotopic (exact) mass is 1180 g/mol. The molecule has 4 aliphatic heterocycles. The molecule has 0 aliphatic carbocycles. The molecule has 0 saturated carbocycles. The van der Waals surface area contributed by atoms with Gasteiger partial charge < -0.3 is 51.9 Å². The van der Waals surface area contributed by atoms with Crippen molar-refractivity contribution in [1.82, 2.24) is 50.2 Å². The van der Waals surface area contributed by atoms with Crippen molar-refractivity contribution >= 4 is 89.7 Å². The SMILES string of the molecule is C[n+]1c(C2CCCNC2)cn2cc(OCCO/N=C(\C(=O)N[C@@H]3C(=O)N(OS(=O)(=O)ON4C(=O)[C@@H](NC(=O)/C(=N\OCCOc5ccc6n(c5)cc(C5CCCNC5)[n+]6C)c5csc(N)n5)C4(C)C)C3(C)C)c3csc(N)n3)ccc21. The van der Waals surface area contributed by atoms with Crippen LogP contribution >= 0.6 is 22.7 Å². The average Bonchev–Trinajstić information content (AvgIpc) is 4.37. The summed E-state index contributed by atoms with van der Waals surface area (Å²) in [5.74, 6) is -1.78. The summed E-state index contributed by atoms with van der Waals surface area (Å²) < 4.78 is 57.2. The lowest BCUT2D eigenvalue weighted by Gasteiger charge is -2.52. The lowest BCUT2D eigenvalue weighted by Crippen LogP contribution is -2.78. The topological polar surface area (TPSA) is 332 Å². The predicted molar refractivity (Wildman–Crippen MR) is 293 cm³/mol. The van der Waals surface area contributed by atoms with E-state index in [-0.39, 0.29) is 59.5 Å². The highest BCUT2D eigenvalue weighted by Gasteiger charge is 2.61. The number of nitrogens with two attached hydrogens (primary N) is 2. The minimum absolute atomic E-state index is 0.0550. The molecule has 4 atom stereocenters. The van der Waals surface area contributed by atoms with Crippen LogP contribution in [0.15, 0.2) is 70.1 Å². The number of aryl methyl sites for hydroxylation is 2. The summed E-state index contributed by atoms with van der Waals surface area (Å²) in [5.41, 5.74) is 12.6. The zero-order valence-electron chi connectivity index (χ0n) is 45.3. The minimum atomic E-state index is -5.22. The van der Waals surface area contributed by atoms with Crippen molar-refractivity contribution in [1.29, 1.82) is 0 Å². The van der Waals surface area contributed by atoms with Gasteiger partial charge in [0.05, 0.1) is 25.2 Å². The molecule has 0 radical (unpaired) electrons. The van der Waals surface area contributed by atoms with Gasteiger partial charge in [-0.25, -0.2) is 19.1 Å². The summed E-state index contributed by atoms with van der Waals surface area (Å²) in [6.45, 7) is 9.52. The number of β-lactam (4-membered cyclic amide) rings is 2. The molecular formula is C50H64N16O12S3+2. The third-order valence-corrected chi connectivity index (χ3v) is 16.7. The first-order valence-electron chi connectivity index (χ1n) is 26.1. The summed E-state index contributed by atoms with van der Waals surface area (Å²) >= 11 is 2.09. The number of piperidine rings is 2. The molecule has 28 nitrogen and oxygen atoms in total. The molecule has 6 aromatic rings. The van der Waals surface area contributed by atoms with Crippen LogP contribution in [0.25, 0.3) is 11.3 Å². The minimum Gasteiger partial charge on any atom is -0.486 e. The van der Waals surface area contributed by atoms with E-state index in [9.17, 15) is 27.6 Å². The van der Waals surface area contributed by atoms with Crippen molar-refractivity contribution in [2.45, 2.75) is 88.4 Å². The highest BCUT2D eigenvalue weighted by Crippen LogP contribution is 2.37. The molecule has 10 heterocycles. The zero-order valence-corrected chi connectivity index (χ0v) is 47.8. The van der Waals surface area contributed by atoms with Gasteiger partial charge in [0.2, 0.25) is 0 Å². The molecule has 4 fully saturated rings. The maximum absolute atomic E-state index is 13.8. The Kier molecular flexibility index (Phi) is 16.2. The van der Waals surface area contributed by atoms with Crippen LogP contribution in [0.2, 0.25) is 0 Å². The lowest BCUT2D eigenvalue weighted by molar-refractivity contribution is -0.653. The molecule has 0 spiro atoms. The number of aromatic nitrogens is 6. The number of pyridine rings is 2. The molecule has 10 rings (SSSR count). The molecule has 4 aliphatic rings. The van der Waals surface area contributed by atoms with E-state index in [1.807, 2.05) is 59.6 Å². The summed E-state index contributed by atoms with van der Waals surface area (Å²) in [5, 5.41) is 24.3. The molecule has 8 N–H and O–H groups in total. The maximum atomic E-state index is 13.8. The standard InChI is InChI=1S/C50H62N16O12S3/c1-49(2)41(57-43(67)39(33-27-79-47(51)55-33)59-75-19-17-73-31-11-13-37-61(5)35(25-63(37)23-31)29-9-7-15-53-21-29)45(69)65(49)77-81(71,72)78-66-46(70)42(50(66,3)4)58-44(68)40(34-28-80-48(52)56-34)60-76-20-18-74-32-12-14-38-62(6)36(26-64(38)24-32)30-10-8-16-54-22-30/h11-14,23-30,41-42,53-54H,7-10,15-22H2,1-6H3,(H4-2,51,52,55,56,57,58,67,68)/p+2/b59-39-,60-40-/t29?,30?,41-,42-/m1/s1. The van der Waals surface area contributed by atoms with Crippen LogP contribution in [0.3, 0.4) is 0 Å². The third kappa shape index (κ3) is 11.8. The molecule has 4 saturated heterocycles. The first-order chi connectivity index (χ1) is 38.7. The number of imidazole rings is 2. The molecule has 2 unspecified atom stereocenters. The van der Waals surface area contributed by atoms with Gasteiger partial charge in [-0.1, -0.05) is 10.3 Å². The summed E-state index contributed by atoms with van der Waals surface area (Å²) in [4.78, 5) is 73.9. The number of rotatable bonds is 22. The quantitative estimate of drug-likeness (QED) is 0.0177. The normalized spacial score (nSPS) is 21.2. The fourth-order valence-corrected chi connectivity index (χ4v) is 12.3. The van der Waals surface area contributed by atoms with Crippen LogP contribution in [0, 0.1) is 0 Å². The van der Waals surface area contributed by atoms with Gasteiger partial charge in [-0.05, 0) is 78.6 Å². The van der Waals surface area contributed by atoms with E-state index in [2.05, 4.69) is 63.1 Å². The summed E-state index contributed by atoms with van der Waals surface area (Å²) in [7, 11) is -1.13. The second kappa shape index (κ2) is 23.1. The van der Waals surface area contributed by atoms with E-state index in [0.29, 0.717) is 33.5 Å². The first-order valence-corrected chi connectivity index (χ1v) is 29.2. The number of carbonyl (C=O) groups excluding carboxylic acids is 4. The second-order valence-electron chi connectivity index (χ2n) is 20.9. The van der Waals surface area contributed by atoms with Crippen LogP contribution in [0.1, 0.15) is 88.0 Å². The number of thiazole rings is 2. The number of hydroxylamine groups is 4. The zero-order chi connectivity index (χ0) is 57.4. The van der Waals surface area contributed by atoms with Gasteiger partial charge in [0.25, 0.3) is 34.9 Å². The first kappa shape index (κ1) is 56.7. The number of nitrogens with zero attached hydrogens (tertiary/aromatic N) is 10. The van der Waals surface area contributed by atoms with Crippen molar-refractivity contribution in [2.24, 2.45) is 24.4 Å². The molecule has 0 bridgehead atoms. The Bertz CT molecular complexity index is 3320. The number of ether oxygens (including phenoxy) is 2. The van der Waals surface area contributed by atoms with Gasteiger partial charge in [-0.3, -0.25) is 19.2 Å². The highest BCUT2D eigenvalue weighted by molar-refractivity contribution is 7.81. The van der Waals surface area contributed by atoms with Crippen LogP contribution in [0.4, 0.5) is 10.3 Å². The van der Waals surface area contributed by atoms with E-state index in [1.165, 1.54) is 49.8 Å². The van der Waals surface area contributed by atoms with E-state index in [4.69, 9.17) is 39.2 Å². The smallest absolute Gasteiger partial charge is 0.442 e. The van der Waals surface area contributed by atoms with Crippen molar-refractivity contribution in [3.63, 3.8) is 0 Å². The Morgan fingerprint density at radius 3 is 1.47 bits per heavy atom. The summed E-state index contributed by atoms with van der Waals surface area (Å²) in [6, 6.07) is 4.93. The fourth-order valence-electron chi connectivity index (χ4n) is 10.3. The molecule has 0 aromatic carbocycles. The van der Waals surface area contributed by atoms with Crippen LogP contribution in [-0.4, -0.2) is 148 Å². The number of anilines is 2. The van der Waals surface area contributed by atoms with E-state index >= 15 is 0 Å². The molecule has 81 heavy (non-hydrogen) atoms. The Balaban J connectivity index is 0.709. The Labute approximate surface area is 473 Å². The average molecular weight is 1180 g/mol. The van der Waals surface area contributed by atoms with Gasteiger partial charge in [0, 0.05) is 47.8 Å². The number of carbonyl (C=O) groups is 4. The van der Waals surface area contributed by atoms with Crippen molar-refractivity contribution < 1.29 is 64.4 Å². The maximum Gasteiger partial charge on any atom is 0.442 e. The number of nitrogen functional groups attached to an aromatic ring is 2. The molecule has 6 aromatic heterocycles. The van der Waals surface area contributed by atoms with Gasteiger partial charge in [-0.15, -0.1) is 31.2 Å². The number of oxime groups is 2. The van der Waals surface area contributed by atoms with Crippen LogP contribution in [0.5, 0.6) is 11.5 Å². The van der Waals surface area contributed by atoms with Crippen LogP contribution < -0.4 is 51.3 Å². The van der Waals surface area contributed by atoms with E-state index in [1.54, 1.807) is 0 Å². The Morgan fingerprint density at radius 2 is 1.11 bits per heavy atom. The van der Waals surface area contributed by atoms with Gasteiger partial charge in [0.1, 0.15) is 72.9 Å². The molecular weight excluding hydrogens is 1110 g/mol. The number of hydrogen-bond donors (Lipinski definition) is 6. The second-order valence-corrected chi connectivity index (χ2v) is 23.8. The van der Waals surface area contributed by atoms with Crippen molar-refractivity contribution in [2.75, 3.05) is 64.1 Å². The lowest BCUT2D eigenvalue weighted by atomic mass is 9.84. The third-order valence-electron chi connectivity index (χ3n) is 14.7. The molecule has 432 valence electrons. The molecule has 4 amide bonds.